The maximum atomic E-state index is 3.64. The molecule has 3 aliphatic rings. The van der Waals surface area contributed by atoms with E-state index in [1.54, 1.807) is 11.1 Å². The van der Waals surface area contributed by atoms with E-state index in [2.05, 4.69) is 57.8 Å². The molecule has 4 rings (SSSR count). The summed E-state index contributed by atoms with van der Waals surface area (Å²) in [6, 6.07) is 4.69. The van der Waals surface area contributed by atoms with Gasteiger partial charge in [0, 0.05) is 8.95 Å². The van der Waals surface area contributed by atoms with Crippen LogP contribution in [0.15, 0.2) is 21.1 Å². The van der Waals surface area contributed by atoms with Gasteiger partial charge < -0.3 is 0 Å². The first kappa shape index (κ1) is 11.3. The first-order valence-electron chi connectivity index (χ1n) is 5.95. The minimum atomic E-state index is 0.427. The summed E-state index contributed by atoms with van der Waals surface area (Å²) >= 11 is 7.28. The highest BCUT2D eigenvalue weighted by atomic mass is 79.9. The average Bonchev–Trinajstić information content (AvgIpc) is 2.24. The molecule has 0 unspecified atom stereocenters. The van der Waals surface area contributed by atoms with Crippen LogP contribution >= 0.6 is 31.9 Å². The molecule has 1 aromatic rings. The Labute approximate surface area is 114 Å². The molecule has 0 aliphatic heterocycles. The Kier molecular flexibility index (Phi) is 2.36. The Hall–Kier alpha value is 0.180. The first-order valence-corrected chi connectivity index (χ1v) is 7.53. The van der Waals surface area contributed by atoms with E-state index in [4.69, 9.17) is 0 Å². The van der Waals surface area contributed by atoms with Gasteiger partial charge in [0.15, 0.2) is 0 Å². The smallest absolute Gasteiger partial charge is 0.0320 e. The molecule has 0 aromatic heterocycles. The Bertz CT molecular complexity index is 411. The predicted molar refractivity (Wildman–Crippen MR) is 75.0 cm³/mol. The summed E-state index contributed by atoms with van der Waals surface area (Å²) in [5.41, 5.74) is 4.03. The zero-order chi connectivity index (χ0) is 11.6. The SMILES string of the molecule is CC12CCC(C)(CC1)c1cc(Br)c(Br)cc12. The largest absolute Gasteiger partial charge is 0.0555 e. The molecule has 1 aromatic carbocycles. The van der Waals surface area contributed by atoms with Crippen LogP contribution in [0.5, 0.6) is 0 Å². The van der Waals surface area contributed by atoms with Crippen molar-refractivity contribution in [2.75, 3.05) is 0 Å². The molecule has 0 nitrogen and oxygen atoms in total. The number of hydrogen-bond acceptors (Lipinski definition) is 0. The molecular weight excluding hydrogens is 328 g/mol. The van der Waals surface area contributed by atoms with Crippen molar-refractivity contribution in [3.05, 3.63) is 32.2 Å². The third-order valence-electron chi connectivity index (χ3n) is 4.82. The van der Waals surface area contributed by atoms with Crippen molar-refractivity contribution < 1.29 is 0 Å². The lowest BCUT2D eigenvalue weighted by atomic mass is 9.53. The summed E-state index contributed by atoms with van der Waals surface area (Å²) in [6.07, 6.45) is 5.41. The monoisotopic (exact) mass is 342 g/mol. The molecular formula is C14H16Br2. The molecule has 0 heterocycles. The van der Waals surface area contributed by atoms with Crippen molar-refractivity contribution in [1.82, 2.24) is 0 Å². The molecule has 2 heteroatoms. The lowest BCUT2D eigenvalue weighted by Gasteiger charge is -2.52. The molecule has 3 aliphatic carbocycles. The van der Waals surface area contributed by atoms with E-state index in [-0.39, 0.29) is 0 Å². The Morgan fingerprint density at radius 1 is 0.812 bits per heavy atom. The predicted octanol–water partition coefficient (Wildman–Crippen LogP) is 5.31. The normalized spacial score (nSPS) is 36.2. The highest BCUT2D eigenvalue weighted by Crippen LogP contribution is 2.57. The highest BCUT2D eigenvalue weighted by Gasteiger charge is 2.47. The topological polar surface area (TPSA) is 0 Å². The van der Waals surface area contributed by atoms with Crippen molar-refractivity contribution >= 4 is 31.9 Å². The summed E-state index contributed by atoms with van der Waals surface area (Å²) in [4.78, 5) is 0. The summed E-state index contributed by atoms with van der Waals surface area (Å²) in [6.45, 7) is 4.87. The fraction of sp³-hybridized carbons (Fsp3) is 0.571. The van der Waals surface area contributed by atoms with Gasteiger partial charge in [0.05, 0.1) is 0 Å². The number of benzene rings is 1. The molecule has 86 valence electrons. The van der Waals surface area contributed by atoms with Crippen molar-refractivity contribution in [3.63, 3.8) is 0 Å². The van der Waals surface area contributed by atoms with Crippen LogP contribution in [0.1, 0.15) is 50.7 Å². The van der Waals surface area contributed by atoms with E-state index < -0.39 is 0 Å². The molecule has 0 spiro atoms. The number of hydrogen-bond donors (Lipinski definition) is 0. The third-order valence-corrected chi connectivity index (χ3v) is 6.66. The molecule has 0 amide bonds. The van der Waals surface area contributed by atoms with Gasteiger partial charge in [0.1, 0.15) is 0 Å². The quantitative estimate of drug-likeness (QED) is 0.598. The van der Waals surface area contributed by atoms with E-state index in [1.807, 2.05) is 0 Å². The van der Waals surface area contributed by atoms with Crippen molar-refractivity contribution in [1.29, 1.82) is 0 Å². The number of rotatable bonds is 0. The highest BCUT2D eigenvalue weighted by molar-refractivity contribution is 9.13. The van der Waals surface area contributed by atoms with Gasteiger partial charge in [-0.2, -0.15) is 0 Å². The standard InChI is InChI=1S/C14H16Br2/c1-13-3-5-14(2,6-4-13)10-8-12(16)11(15)7-9(10)13/h7-8H,3-6H2,1-2H3. The van der Waals surface area contributed by atoms with Crippen molar-refractivity contribution in [2.45, 2.75) is 50.4 Å². The van der Waals surface area contributed by atoms with E-state index in [1.165, 1.54) is 34.6 Å². The summed E-state index contributed by atoms with van der Waals surface area (Å²) in [5, 5.41) is 0. The van der Waals surface area contributed by atoms with E-state index in [0.717, 1.165) is 0 Å². The second kappa shape index (κ2) is 3.35. The molecule has 16 heavy (non-hydrogen) atoms. The van der Waals surface area contributed by atoms with Gasteiger partial charge in [-0.1, -0.05) is 13.8 Å². The summed E-state index contributed by atoms with van der Waals surface area (Å²) < 4.78 is 2.40. The second-order valence-corrected chi connectivity index (χ2v) is 7.64. The minimum absolute atomic E-state index is 0.427. The van der Waals surface area contributed by atoms with Crippen LogP contribution in [0.2, 0.25) is 0 Å². The summed E-state index contributed by atoms with van der Waals surface area (Å²) in [7, 11) is 0. The van der Waals surface area contributed by atoms with Gasteiger partial charge in [-0.3, -0.25) is 0 Å². The van der Waals surface area contributed by atoms with Gasteiger partial charge in [0.2, 0.25) is 0 Å². The van der Waals surface area contributed by atoms with Crippen LogP contribution in [-0.4, -0.2) is 0 Å². The van der Waals surface area contributed by atoms with Gasteiger partial charge in [-0.05, 0) is 91.6 Å². The van der Waals surface area contributed by atoms with Crippen LogP contribution in [0, 0.1) is 0 Å². The minimum Gasteiger partial charge on any atom is -0.0555 e. The first-order chi connectivity index (χ1) is 7.45. The van der Waals surface area contributed by atoms with Crippen LogP contribution in [0.3, 0.4) is 0 Å². The molecule has 1 saturated carbocycles. The van der Waals surface area contributed by atoms with Gasteiger partial charge in [0.25, 0.3) is 0 Å². The molecule has 0 radical (unpaired) electrons. The average molecular weight is 344 g/mol. The van der Waals surface area contributed by atoms with E-state index in [9.17, 15) is 0 Å². The zero-order valence-corrected chi connectivity index (χ0v) is 12.9. The van der Waals surface area contributed by atoms with Gasteiger partial charge in [-0.25, -0.2) is 0 Å². The molecule has 0 N–H and O–H groups in total. The van der Waals surface area contributed by atoms with Crippen LogP contribution < -0.4 is 0 Å². The fourth-order valence-electron chi connectivity index (χ4n) is 3.44. The number of halogens is 2. The maximum absolute atomic E-state index is 3.64. The molecule has 0 atom stereocenters. The van der Waals surface area contributed by atoms with E-state index in [0.29, 0.717) is 10.8 Å². The summed E-state index contributed by atoms with van der Waals surface area (Å²) in [5.74, 6) is 0. The van der Waals surface area contributed by atoms with Gasteiger partial charge in [-0.15, -0.1) is 0 Å². The zero-order valence-electron chi connectivity index (χ0n) is 9.74. The lowest BCUT2D eigenvalue weighted by Crippen LogP contribution is -2.44. The molecule has 2 bridgehead atoms. The van der Waals surface area contributed by atoms with Gasteiger partial charge >= 0.3 is 0 Å². The maximum Gasteiger partial charge on any atom is 0.0320 e. The van der Waals surface area contributed by atoms with Crippen LogP contribution in [-0.2, 0) is 10.8 Å². The van der Waals surface area contributed by atoms with E-state index >= 15 is 0 Å². The van der Waals surface area contributed by atoms with Crippen molar-refractivity contribution in [2.24, 2.45) is 0 Å². The second-order valence-electron chi connectivity index (χ2n) is 5.93. The fourth-order valence-corrected chi connectivity index (χ4v) is 4.12. The van der Waals surface area contributed by atoms with Crippen molar-refractivity contribution in [3.8, 4) is 0 Å². The Morgan fingerprint density at radius 2 is 1.12 bits per heavy atom. The molecule has 1 fully saturated rings. The molecule has 0 saturated heterocycles. The lowest BCUT2D eigenvalue weighted by molar-refractivity contribution is 0.187. The van der Waals surface area contributed by atoms with Crippen LogP contribution in [0.25, 0.3) is 0 Å². The third kappa shape index (κ3) is 1.38. The Balaban J connectivity index is 2.30. The number of fused-ring (bicyclic) bond motifs is 2. The van der Waals surface area contributed by atoms with Crippen LogP contribution in [0.4, 0.5) is 0 Å². The Morgan fingerprint density at radius 3 is 1.44 bits per heavy atom.